The molecule has 6 nitrogen and oxygen atoms in total. The van der Waals surface area contributed by atoms with Gasteiger partial charge in [-0.1, -0.05) is 30.3 Å². The van der Waals surface area contributed by atoms with Gasteiger partial charge in [-0.25, -0.2) is 0 Å². The Bertz CT molecular complexity index is 667. The zero-order chi connectivity index (χ0) is 23.7. The van der Waals surface area contributed by atoms with E-state index < -0.39 is 0 Å². The maximum atomic E-state index is 10.0. The van der Waals surface area contributed by atoms with Crippen LogP contribution in [0.3, 0.4) is 0 Å². The Labute approximate surface area is 188 Å². The summed E-state index contributed by atoms with van der Waals surface area (Å²) < 4.78 is 0. The van der Waals surface area contributed by atoms with Gasteiger partial charge in [0.15, 0.2) is 0 Å². The van der Waals surface area contributed by atoms with Gasteiger partial charge in [0.1, 0.15) is 0 Å². The van der Waals surface area contributed by atoms with Gasteiger partial charge in [0.2, 0.25) is 0 Å². The van der Waals surface area contributed by atoms with Crippen LogP contribution in [0.5, 0.6) is 0 Å². The number of rotatable bonds is 3. The summed E-state index contributed by atoms with van der Waals surface area (Å²) in [7, 11) is 0. The monoisotopic (exact) mass is 436 g/mol. The number of nitrogens with zero attached hydrogens (tertiary/aromatic N) is 2. The van der Waals surface area contributed by atoms with Crippen molar-refractivity contribution in [3.8, 4) is 0 Å². The van der Waals surface area contributed by atoms with Crippen LogP contribution in [-0.4, -0.2) is 59.9 Å². The van der Waals surface area contributed by atoms with Gasteiger partial charge in [0.25, 0.3) is 0 Å². The largest absolute Gasteiger partial charge is 0.393 e. The van der Waals surface area contributed by atoms with E-state index in [2.05, 4.69) is 44.9 Å². The molecule has 0 atom stereocenters. The maximum Gasteiger partial charge on any atom is 0.0936 e. The van der Waals surface area contributed by atoms with E-state index >= 15 is 0 Å². The first-order valence-corrected chi connectivity index (χ1v) is 11.4. The van der Waals surface area contributed by atoms with E-state index in [0.717, 1.165) is 12.8 Å². The van der Waals surface area contributed by atoms with Crippen molar-refractivity contribution in [2.45, 2.75) is 122 Å². The van der Waals surface area contributed by atoms with Crippen LogP contribution in [0.15, 0.2) is 30.3 Å². The fourth-order valence-electron chi connectivity index (χ4n) is 5.49. The lowest BCUT2D eigenvalue weighted by Gasteiger charge is -2.52. The first-order chi connectivity index (χ1) is 14.1. The Kier molecular flexibility index (Phi) is 8.00. The van der Waals surface area contributed by atoms with E-state index in [0.29, 0.717) is 19.4 Å². The van der Waals surface area contributed by atoms with Crippen LogP contribution >= 0.6 is 0 Å². The van der Waals surface area contributed by atoms with Crippen molar-refractivity contribution in [1.82, 2.24) is 10.1 Å². The number of piperidine rings is 2. The predicted octanol–water partition coefficient (Wildman–Crippen LogP) is 4.52. The molecule has 178 valence electrons. The number of benzene rings is 1. The number of aliphatic hydroxyl groups is 2. The van der Waals surface area contributed by atoms with E-state index in [1.807, 2.05) is 45.9 Å². The second-order valence-electron chi connectivity index (χ2n) is 11.7. The van der Waals surface area contributed by atoms with Gasteiger partial charge in [-0.2, -0.15) is 10.1 Å². The summed E-state index contributed by atoms with van der Waals surface area (Å²) in [4.78, 5) is 6.07. The van der Waals surface area contributed by atoms with E-state index in [4.69, 9.17) is 4.84 Å². The quantitative estimate of drug-likeness (QED) is 0.647. The molecule has 3 rings (SSSR count). The normalized spacial score (nSPS) is 26.2. The van der Waals surface area contributed by atoms with E-state index in [-0.39, 0.29) is 34.4 Å². The van der Waals surface area contributed by atoms with Crippen molar-refractivity contribution in [2.75, 3.05) is 0 Å². The molecule has 0 spiro atoms. The highest BCUT2D eigenvalue weighted by molar-refractivity contribution is 5.13. The molecule has 0 saturated carbocycles. The van der Waals surface area contributed by atoms with Gasteiger partial charge in [-0.3, -0.25) is 4.84 Å². The summed E-state index contributed by atoms with van der Waals surface area (Å²) in [6.07, 6.45) is 2.20. The molecule has 0 aromatic heterocycles. The minimum Gasteiger partial charge on any atom is -0.393 e. The summed E-state index contributed by atoms with van der Waals surface area (Å²) in [6, 6.07) is 10.2. The first kappa shape index (κ1) is 26.2. The Hall–Kier alpha value is -1.02. The molecule has 0 unspecified atom stereocenters. The third-order valence-electron chi connectivity index (χ3n) is 6.39. The van der Waals surface area contributed by atoms with E-state index in [1.165, 1.54) is 10.6 Å². The van der Waals surface area contributed by atoms with Crippen LogP contribution in [0.2, 0.25) is 0 Å². The zero-order valence-electron chi connectivity index (χ0n) is 20.7. The fraction of sp³-hybridized carbons (Fsp3) is 0.760. The molecule has 0 aliphatic carbocycles. The average Bonchev–Trinajstić information content (AvgIpc) is 2.58. The van der Waals surface area contributed by atoms with Crippen molar-refractivity contribution in [2.24, 2.45) is 0 Å². The number of hydrogen-bond acceptors (Lipinski definition) is 6. The SMILES string of the molecule is CC1(C)CC(O)CC(C)(C)N1O.CC1(C)CC(O)CC(C)(C)N1OCc1ccccc1. The molecule has 0 amide bonds. The fourth-order valence-corrected chi connectivity index (χ4v) is 5.49. The van der Waals surface area contributed by atoms with E-state index in [1.54, 1.807) is 0 Å². The molecule has 2 saturated heterocycles. The second-order valence-corrected chi connectivity index (χ2v) is 11.7. The Morgan fingerprint density at radius 1 is 0.742 bits per heavy atom. The molecule has 0 radical (unpaired) electrons. The third kappa shape index (κ3) is 6.73. The molecule has 0 bridgehead atoms. The summed E-state index contributed by atoms with van der Waals surface area (Å²) in [5.41, 5.74) is 0.217. The summed E-state index contributed by atoms with van der Waals surface area (Å²) in [6.45, 7) is 16.8. The van der Waals surface area contributed by atoms with Crippen LogP contribution in [0, 0.1) is 0 Å². The molecule has 1 aromatic rings. The molecule has 2 aliphatic heterocycles. The minimum absolute atomic E-state index is 0.157. The summed E-state index contributed by atoms with van der Waals surface area (Å²) in [5, 5.41) is 32.8. The first-order valence-electron chi connectivity index (χ1n) is 11.4. The lowest BCUT2D eigenvalue weighted by Crippen LogP contribution is -2.61. The molecule has 2 heterocycles. The summed E-state index contributed by atoms with van der Waals surface area (Å²) in [5.74, 6) is 0. The summed E-state index contributed by atoms with van der Waals surface area (Å²) >= 11 is 0. The molecule has 2 fully saturated rings. The van der Waals surface area contributed by atoms with Gasteiger partial charge in [-0.15, -0.1) is 0 Å². The van der Waals surface area contributed by atoms with Crippen LogP contribution in [0.4, 0.5) is 0 Å². The molecule has 6 heteroatoms. The van der Waals surface area contributed by atoms with Gasteiger partial charge in [-0.05, 0) is 86.6 Å². The predicted molar refractivity (Wildman–Crippen MR) is 123 cm³/mol. The molecule has 3 N–H and O–H groups in total. The lowest BCUT2D eigenvalue weighted by molar-refractivity contribution is -0.298. The lowest BCUT2D eigenvalue weighted by atomic mass is 9.80. The molecular formula is C25H44N2O4. The zero-order valence-corrected chi connectivity index (χ0v) is 20.7. The number of hydroxylamine groups is 4. The second kappa shape index (κ2) is 9.46. The van der Waals surface area contributed by atoms with Gasteiger partial charge < -0.3 is 15.4 Å². The van der Waals surface area contributed by atoms with Gasteiger partial charge in [0, 0.05) is 22.2 Å². The Balaban J connectivity index is 0.000000245. The molecule has 1 aromatic carbocycles. The maximum absolute atomic E-state index is 10.0. The van der Waals surface area contributed by atoms with Crippen LogP contribution in [0.25, 0.3) is 0 Å². The highest BCUT2D eigenvalue weighted by Gasteiger charge is 2.46. The van der Waals surface area contributed by atoms with Crippen molar-refractivity contribution in [1.29, 1.82) is 0 Å². The van der Waals surface area contributed by atoms with Crippen molar-refractivity contribution in [3.05, 3.63) is 35.9 Å². The molecular weight excluding hydrogens is 392 g/mol. The highest BCUT2D eigenvalue weighted by atomic mass is 16.7. The topological polar surface area (TPSA) is 76.4 Å². The smallest absolute Gasteiger partial charge is 0.0936 e. The Morgan fingerprint density at radius 2 is 1.13 bits per heavy atom. The molecule has 2 aliphatic rings. The van der Waals surface area contributed by atoms with Crippen LogP contribution in [-0.2, 0) is 11.4 Å². The minimum atomic E-state index is -0.318. The van der Waals surface area contributed by atoms with Crippen molar-refractivity contribution >= 4 is 0 Å². The van der Waals surface area contributed by atoms with Crippen LogP contribution < -0.4 is 0 Å². The molecule has 31 heavy (non-hydrogen) atoms. The Morgan fingerprint density at radius 3 is 1.55 bits per heavy atom. The highest BCUT2D eigenvalue weighted by Crippen LogP contribution is 2.39. The third-order valence-corrected chi connectivity index (χ3v) is 6.39. The number of aliphatic hydroxyl groups excluding tert-OH is 2. The van der Waals surface area contributed by atoms with Gasteiger partial charge in [0.05, 0.1) is 18.8 Å². The standard InChI is InChI=1S/C16H25NO2.C9H19NO2/c1-15(2)10-14(18)11-16(3,4)17(15)19-12-13-8-6-5-7-9-13;1-8(2)5-7(11)6-9(3,4)10(8)12/h5-9,14,18H,10-12H2,1-4H3;7,11-12H,5-6H2,1-4H3. The van der Waals surface area contributed by atoms with Crippen LogP contribution in [0.1, 0.15) is 86.6 Å². The van der Waals surface area contributed by atoms with Crippen molar-refractivity contribution in [3.63, 3.8) is 0 Å². The van der Waals surface area contributed by atoms with Gasteiger partial charge >= 0.3 is 0 Å². The number of hydrogen-bond donors (Lipinski definition) is 3. The van der Waals surface area contributed by atoms with Crippen molar-refractivity contribution < 1.29 is 20.3 Å². The average molecular weight is 437 g/mol. The van der Waals surface area contributed by atoms with E-state index in [9.17, 15) is 15.4 Å².